The van der Waals surface area contributed by atoms with Gasteiger partial charge in [0.25, 0.3) is 0 Å². The number of unbranched alkanes of at least 4 members (excludes halogenated alkanes) is 1. The van der Waals surface area contributed by atoms with Gasteiger partial charge in [0, 0.05) is 18.7 Å². The molecule has 78 valence electrons. The number of aliphatic imine (C=N–C) groups is 1. The lowest BCUT2D eigenvalue weighted by atomic mass is 10.0. The molecule has 0 saturated carbocycles. The maximum absolute atomic E-state index is 8.37. The normalized spacial score (nSPS) is 13.1. The van der Waals surface area contributed by atoms with E-state index in [2.05, 4.69) is 24.9 Å². The number of allylic oxidation sites excluding steroid dienone is 1. The van der Waals surface area contributed by atoms with E-state index in [0.717, 1.165) is 17.7 Å². The number of hydrogen-bond acceptors (Lipinski definition) is 3. The van der Waals surface area contributed by atoms with E-state index in [0.29, 0.717) is 18.9 Å². The molecule has 0 aliphatic rings. The first-order valence-corrected chi connectivity index (χ1v) is 4.93. The fourth-order valence-electron chi connectivity index (χ4n) is 1.21. The van der Waals surface area contributed by atoms with Crippen molar-refractivity contribution in [2.75, 3.05) is 6.54 Å². The van der Waals surface area contributed by atoms with Gasteiger partial charge >= 0.3 is 0 Å². The summed E-state index contributed by atoms with van der Waals surface area (Å²) in [6.07, 6.45) is 2.98. The monoisotopic (exact) mass is 193 g/mol. The Balaban J connectivity index is 4.29. The highest BCUT2D eigenvalue weighted by molar-refractivity contribution is 6.00. The van der Waals surface area contributed by atoms with Crippen molar-refractivity contribution < 1.29 is 0 Å². The molecule has 0 heterocycles. The standard InChI is InChI=1S/C11H19N3/c1-9(2)11(10(3)8-13)14-7-5-4-6-12/h8-9H,4-5,7,13H2,1-3H3. The van der Waals surface area contributed by atoms with Crippen molar-refractivity contribution in [3.63, 3.8) is 0 Å². The average molecular weight is 193 g/mol. The lowest BCUT2D eigenvalue weighted by molar-refractivity contribution is 0.826. The zero-order valence-corrected chi connectivity index (χ0v) is 9.25. The Kier molecular flexibility index (Phi) is 6.47. The van der Waals surface area contributed by atoms with Gasteiger partial charge in [0.2, 0.25) is 0 Å². The van der Waals surface area contributed by atoms with Crippen molar-refractivity contribution in [1.82, 2.24) is 0 Å². The van der Waals surface area contributed by atoms with Crippen molar-refractivity contribution in [2.45, 2.75) is 33.6 Å². The second kappa shape index (κ2) is 7.14. The Hall–Kier alpha value is -1.30. The molecule has 0 aromatic carbocycles. The smallest absolute Gasteiger partial charge is 0.0622 e. The molecule has 0 aliphatic carbocycles. The summed E-state index contributed by atoms with van der Waals surface area (Å²) in [5, 5.41) is 8.37. The van der Waals surface area contributed by atoms with Gasteiger partial charge in [-0.1, -0.05) is 13.8 Å². The minimum absolute atomic E-state index is 0.386. The summed E-state index contributed by atoms with van der Waals surface area (Å²) in [4.78, 5) is 4.45. The Morgan fingerprint density at radius 2 is 2.21 bits per heavy atom. The first-order valence-electron chi connectivity index (χ1n) is 4.93. The highest BCUT2D eigenvalue weighted by Crippen LogP contribution is 2.07. The number of nitrogens with zero attached hydrogens (tertiary/aromatic N) is 2. The Bertz CT molecular complexity index is 256. The molecular formula is C11H19N3. The van der Waals surface area contributed by atoms with Crippen LogP contribution in [0.2, 0.25) is 0 Å². The second-order valence-electron chi connectivity index (χ2n) is 3.53. The highest BCUT2D eigenvalue weighted by Gasteiger charge is 2.06. The maximum Gasteiger partial charge on any atom is 0.0622 e. The minimum atomic E-state index is 0.386. The van der Waals surface area contributed by atoms with E-state index in [1.807, 2.05) is 6.92 Å². The zero-order valence-electron chi connectivity index (χ0n) is 9.25. The van der Waals surface area contributed by atoms with Crippen LogP contribution >= 0.6 is 0 Å². The number of rotatable bonds is 5. The van der Waals surface area contributed by atoms with Crippen LogP contribution in [0.4, 0.5) is 0 Å². The molecule has 3 heteroatoms. The van der Waals surface area contributed by atoms with E-state index < -0.39 is 0 Å². The minimum Gasteiger partial charge on any atom is -0.404 e. The van der Waals surface area contributed by atoms with Crippen LogP contribution in [0, 0.1) is 17.2 Å². The quantitative estimate of drug-likeness (QED) is 0.537. The van der Waals surface area contributed by atoms with Crippen molar-refractivity contribution in [3.05, 3.63) is 11.8 Å². The van der Waals surface area contributed by atoms with Gasteiger partial charge in [0.1, 0.15) is 0 Å². The van der Waals surface area contributed by atoms with Crippen LogP contribution in [-0.4, -0.2) is 12.3 Å². The molecular weight excluding hydrogens is 174 g/mol. The number of nitriles is 1. The third kappa shape index (κ3) is 4.66. The van der Waals surface area contributed by atoms with Gasteiger partial charge in [-0.2, -0.15) is 5.26 Å². The van der Waals surface area contributed by atoms with Crippen LogP contribution in [0.15, 0.2) is 16.8 Å². The predicted octanol–water partition coefficient (Wildman–Crippen LogP) is 2.25. The summed E-state index contributed by atoms with van der Waals surface area (Å²) in [6.45, 7) is 6.86. The van der Waals surface area contributed by atoms with Crippen LogP contribution < -0.4 is 5.73 Å². The average Bonchev–Trinajstić information content (AvgIpc) is 2.16. The summed E-state index contributed by atoms with van der Waals surface area (Å²) in [5.74, 6) is 0.386. The van der Waals surface area contributed by atoms with E-state index in [1.54, 1.807) is 6.20 Å². The van der Waals surface area contributed by atoms with Crippen LogP contribution in [0.5, 0.6) is 0 Å². The summed E-state index contributed by atoms with van der Waals surface area (Å²) in [6, 6.07) is 2.11. The molecule has 14 heavy (non-hydrogen) atoms. The first-order chi connectivity index (χ1) is 6.63. The molecule has 0 unspecified atom stereocenters. The molecule has 0 spiro atoms. The molecule has 0 aromatic rings. The maximum atomic E-state index is 8.37. The fourth-order valence-corrected chi connectivity index (χ4v) is 1.21. The molecule has 0 bridgehead atoms. The lowest BCUT2D eigenvalue weighted by Gasteiger charge is -2.10. The van der Waals surface area contributed by atoms with Crippen LogP contribution in [0.25, 0.3) is 0 Å². The second-order valence-corrected chi connectivity index (χ2v) is 3.53. The molecule has 0 rings (SSSR count). The van der Waals surface area contributed by atoms with E-state index in [9.17, 15) is 0 Å². The zero-order chi connectivity index (χ0) is 11.0. The van der Waals surface area contributed by atoms with Crippen LogP contribution in [0.1, 0.15) is 33.6 Å². The van der Waals surface area contributed by atoms with Gasteiger partial charge in [0.15, 0.2) is 0 Å². The summed E-state index contributed by atoms with van der Waals surface area (Å²) < 4.78 is 0. The van der Waals surface area contributed by atoms with Crippen LogP contribution in [-0.2, 0) is 0 Å². The lowest BCUT2D eigenvalue weighted by Crippen LogP contribution is -2.11. The van der Waals surface area contributed by atoms with Crippen molar-refractivity contribution in [2.24, 2.45) is 16.6 Å². The first kappa shape index (κ1) is 12.7. The predicted molar refractivity (Wildman–Crippen MR) is 59.9 cm³/mol. The molecule has 0 amide bonds. The van der Waals surface area contributed by atoms with E-state index in [1.165, 1.54) is 0 Å². The van der Waals surface area contributed by atoms with Gasteiger partial charge in [-0.25, -0.2) is 0 Å². The summed E-state index contributed by atoms with van der Waals surface area (Å²) in [5.41, 5.74) is 7.52. The SMILES string of the molecule is CC(=CN)C(=NCCCC#N)C(C)C. The largest absolute Gasteiger partial charge is 0.404 e. The molecule has 2 N–H and O–H groups in total. The molecule has 0 aliphatic heterocycles. The molecule has 3 nitrogen and oxygen atoms in total. The van der Waals surface area contributed by atoms with E-state index >= 15 is 0 Å². The summed E-state index contributed by atoms with van der Waals surface area (Å²) in [7, 11) is 0. The van der Waals surface area contributed by atoms with Crippen molar-refractivity contribution >= 4 is 5.71 Å². The summed E-state index contributed by atoms with van der Waals surface area (Å²) >= 11 is 0. The van der Waals surface area contributed by atoms with Crippen molar-refractivity contribution in [3.8, 4) is 6.07 Å². The highest BCUT2D eigenvalue weighted by atomic mass is 14.7. The molecule has 0 aromatic heterocycles. The van der Waals surface area contributed by atoms with E-state index in [-0.39, 0.29) is 0 Å². The van der Waals surface area contributed by atoms with Crippen LogP contribution in [0.3, 0.4) is 0 Å². The van der Waals surface area contributed by atoms with Gasteiger partial charge < -0.3 is 5.73 Å². The van der Waals surface area contributed by atoms with Gasteiger partial charge in [-0.3, -0.25) is 4.99 Å². The number of nitrogens with two attached hydrogens (primary N) is 1. The topological polar surface area (TPSA) is 62.2 Å². The molecule has 0 fully saturated rings. The Labute approximate surface area is 86.3 Å². The third-order valence-corrected chi connectivity index (χ3v) is 1.93. The molecule has 0 atom stereocenters. The Morgan fingerprint density at radius 3 is 2.64 bits per heavy atom. The van der Waals surface area contributed by atoms with Gasteiger partial charge in [-0.15, -0.1) is 0 Å². The number of hydrogen-bond donors (Lipinski definition) is 1. The van der Waals surface area contributed by atoms with E-state index in [4.69, 9.17) is 11.0 Å². The Morgan fingerprint density at radius 1 is 1.57 bits per heavy atom. The molecule has 0 radical (unpaired) electrons. The fraction of sp³-hybridized carbons (Fsp3) is 0.636. The van der Waals surface area contributed by atoms with Gasteiger partial charge in [-0.05, 0) is 31.0 Å². The van der Waals surface area contributed by atoms with Gasteiger partial charge in [0.05, 0.1) is 6.07 Å². The van der Waals surface area contributed by atoms with Crippen molar-refractivity contribution in [1.29, 1.82) is 5.26 Å². The third-order valence-electron chi connectivity index (χ3n) is 1.93. The molecule has 0 saturated heterocycles.